The highest BCUT2D eigenvalue weighted by Gasteiger charge is 2.12. The van der Waals surface area contributed by atoms with Crippen LogP contribution in [0.2, 0.25) is 0 Å². The third-order valence-corrected chi connectivity index (χ3v) is 5.32. The summed E-state index contributed by atoms with van der Waals surface area (Å²) in [4.78, 5) is 17.8. The molecule has 0 fully saturated rings. The molecule has 0 unspecified atom stereocenters. The number of nitrogens with zero attached hydrogens (tertiary/aromatic N) is 3. The highest BCUT2D eigenvalue weighted by molar-refractivity contribution is 9.10. The fourth-order valence-electron chi connectivity index (χ4n) is 2.72. The Hall–Kier alpha value is -2.57. The third-order valence-electron chi connectivity index (χ3n) is 4.07. The van der Waals surface area contributed by atoms with Gasteiger partial charge in [0.15, 0.2) is 5.82 Å². The van der Waals surface area contributed by atoms with Crippen LogP contribution in [0.25, 0.3) is 22.3 Å². The van der Waals surface area contributed by atoms with Gasteiger partial charge in [-0.15, -0.1) is 0 Å². The minimum absolute atomic E-state index is 0.207. The molecule has 27 heavy (non-hydrogen) atoms. The first kappa shape index (κ1) is 17.8. The molecule has 0 radical (unpaired) electrons. The molecule has 0 aliphatic heterocycles. The Morgan fingerprint density at radius 3 is 2.37 bits per heavy atom. The molecular weight excluding hydrogens is 470 g/mol. The number of para-hydroxylation sites is 1. The van der Waals surface area contributed by atoms with Gasteiger partial charge in [0.05, 0.1) is 17.1 Å². The lowest BCUT2D eigenvalue weighted by Gasteiger charge is -2.09. The molecule has 4 aromatic rings. The van der Waals surface area contributed by atoms with Crippen LogP contribution in [0.1, 0.15) is 5.56 Å². The van der Waals surface area contributed by atoms with E-state index in [9.17, 15) is 4.79 Å². The third kappa shape index (κ3) is 3.63. The Bertz CT molecular complexity index is 1210. The van der Waals surface area contributed by atoms with Crippen molar-refractivity contribution in [1.29, 1.82) is 0 Å². The Labute approximate surface area is 172 Å². The van der Waals surface area contributed by atoms with Gasteiger partial charge in [-0.2, -0.15) is 9.78 Å². The number of hydrogen-bond donors (Lipinski definition) is 0. The van der Waals surface area contributed by atoms with E-state index >= 15 is 0 Å². The normalized spacial score (nSPS) is 11.3. The van der Waals surface area contributed by atoms with Gasteiger partial charge in [-0.3, -0.25) is 4.79 Å². The van der Waals surface area contributed by atoms with Crippen LogP contribution in [0.15, 0.2) is 91.6 Å². The number of fused-ring (bicyclic) bond motifs is 1. The van der Waals surface area contributed by atoms with Gasteiger partial charge in [-0.1, -0.05) is 74.3 Å². The van der Waals surface area contributed by atoms with Crippen molar-refractivity contribution < 1.29 is 0 Å². The van der Waals surface area contributed by atoms with E-state index in [2.05, 4.69) is 37.0 Å². The van der Waals surface area contributed by atoms with Gasteiger partial charge in [-0.25, -0.2) is 4.98 Å². The Balaban J connectivity index is 1.95. The summed E-state index contributed by atoms with van der Waals surface area (Å²) in [5.41, 5.74) is 2.12. The first-order valence-electron chi connectivity index (χ1n) is 8.20. The Kier molecular flexibility index (Phi) is 5.01. The molecule has 0 spiro atoms. The standard InChI is InChI=1S/C21H13Br2N3O/c22-16-11-9-14(10-12-16)20-25-19-8-4-2-6-17(19)21(27)26(20)24-13-15-5-1-3-7-18(15)23/h1-13H/b24-13-. The zero-order chi connectivity index (χ0) is 18.8. The average molecular weight is 483 g/mol. The van der Waals surface area contributed by atoms with E-state index < -0.39 is 0 Å². The largest absolute Gasteiger partial charge is 0.282 e. The lowest BCUT2D eigenvalue weighted by Crippen LogP contribution is -2.20. The van der Waals surface area contributed by atoms with Crippen LogP contribution in [0.3, 0.4) is 0 Å². The van der Waals surface area contributed by atoms with Gasteiger partial charge in [0.1, 0.15) is 0 Å². The minimum atomic E-state index is -0.207. The van der Waals surface area contributed by atoms with Crippen LogP contribution in [-0.2, 0) is 0 Å². The number of rotatable bonds is 3. The first-order chi connectivity index (χ1) is 13.1. The smallest absolute Gasteiger partial charge is 0.267 e. The van der Waals surface area contributed by atoms with Gasteiger partial charge in [0.25, 0.3) is 5.56 Å². The summed E-state index contributed by atoms with van der Waals surface area (Å²) < 4.78 is 3.21. The van der Waals surface area contributed by atoms with Gasteiger partial charge in [-0.05, 0) is 30.3 Å². The summed E-state index contributed by atoms with van der Waals surface area (Å²) in [7, 11) is 0. The fourth-order valence-corrected chi connectivity index (χ4v) is 3.37. The van der Waals surface area contributed by atoms with Crippen molar-refractivity contribution in [3.05, 3.63) is 97.7 Å². The van der Waals surface area contributed by atoms with Crippen molar-refractivity contribution in [3.8, 4) is 11.4 Å². The van der Waals surface area contributed by atoms with Gasteiger partial charge < -0.3 is 0 Å². The van der Waals surface area contributed by atoms with Crippen molar-refractivity contribution in [2.24, 2.45) is 5.10 Å². The van der Waals surface area contributed by atoms with E-state index in [1.807, 2.05) is 66.7 Å². The fraction of sp³-hybridized carbons (Fsp3) is 0. The van der Waals surface area contributed by atoms with Crippen molar-refractivity contribution in [2.75, 3.05) is 0 Å². The first-order valence-corrected chi connectivity index (χ1v) is 9.79. The van der Waals surface area contributed by atoms with E-state index in [1.54, 1.807) is 12.3 Å². The second-order valence-corrected chi connectivity index (χ2v) is 7.61. The number of benzene rings is 3. The Morgan fingerprint density at radius 1 is 0.889 bits per heavy atom. The molecule has 6 heteroatoms. The quantitative estimate of drug-likeness (QED) is 0.363. The van der Waals surface area contributed by atoms with Gasteiger partial charge in [0, 0.05) is 20.1 Å². The van der Waals surface area contributed by atoms with E-state index in [4.69, 9.17) is 4.98 Å². The summed E-state index contributed by atoms with van der Waals surface area (Å²) >= 11 is 6.94. The lowest BCUT2D eigenvalue weighted by atomic mass is 10.2. The second kappa shape index (κ2) is 7.58. The van der Waals surface area contributed by atoms with E-state index in [0.29, 0.717) is 16.7 Å². The molecule has 0 atom stereocenters. The highest BCUT2D eigenvalue weighted by Crippen LogP contribution is 2.21. The van der Waals surface area contributed by atoms with Crippen molar-refractivity contribution in [1.82, 2.24) is 9.66 Å². The Morgan fingerprint density at radius 2 is 1.59 bits per heavy atom. The van der Waals surface area contributed by atoms with Crippen LogP contribution >= 0.6 is 31.9 Å². The number of halogens is 2. The van der Waals surface area contributed by atoms with Crippen molar-refractivity contribution in [2.45, 2.75) is 0 Å². The van der Waals surface area contributed by atoms with Crippen LogP contribution in [0.5, 0.6) is 0 Å². The second-order valence-electron chi connectivity index (χ2n) is 5.84. The highest BCUT2D eigenvalue weighted by atomic mass is 79.9. The molecule has 1 aromatic heterocycles. The molecule has 3 aromatic carbocycles. The van der Waals surface area contributed by atoms with E-state index in [-0.39, 0.29) is 5.56 Å². The molecule has 0 saturated carbocycles. The number of hydrogen-bond acceptors (Lipinski definition) is 3. The molecular formula is C21H13Br2N3O. The number of aromatic nitrogens is 2. The summed E-state index contributed by atoms with van der Waals surface area (Å²) in [6.07, 6.45) is 1.66. The van der Waals surface area contributed by atoms with Gasteiger partial charge >= 0.3 is 0 Å². The summed E-state index contributed by atoms with van der Waals surface area (Å²) in [5, 5.41) is 4.99. The zero-order valence-electron chi connectivity index (χ0n) is 14.0. The predicted molar refractivity (Wildman–Crippen MR) is 116 cm³/mol. The molecule has 4 rings (SSSR count). The van der Waals surface area contributed by atoms with Crippen LogP contribution in [-0.4, -0.2) is 15.9 Å². The maximum atomic E-state index is 13.1. The summed E-state index contributed by atoms with van der Waals surface area (Å²) in [5.74, 6) is 0.495. The maximum absolute atomic E-state index is 13.1. The topological polar surface area (TPSA) is 47.2 Å². The molecule has 0 bridgehead atoms. The molecule has 0 aliphatic rings. The van der Waals surface area contributed by atoms with Crippen molar-refractivity contribution in [3.63, 3.8) is 0 Å². The maximum Gasteiger partial charge on any atom is 0.282 e. The molecule has 0 amide bonds. The molecule has 0 N–H and O–H groups in total. The SMILES string of the molecule is O=c1c2ccccc2nc(-c2ccc(Br)cc2)n1/N=C\c1ccccc1Br. The average Bonchev–Trinajstić information content (AvgIpc) is 2.69. The molecule has 132 valence electrons. The molecule has 4 nitrogen and oxygen atoms in total. The van der Waals surface area contributed by atoms with Crippen LogP contribution in [0.4, 0.5) is 0 Å². The van der Waals surface area contributed by atoms with Crippen LogP contribution < -0.4 is 5.56 Å². The summed E-state index contributed by atoms with van der Waals surface area (Å²) in [6.45, 7) is 0. The van der Waals surface area contributed by atoms with Crippen LogP contribution in [0, 0.1) is 0 Å². The summed E-state index contributed by atoms with van der Waals surface area (Å²) in [6, 6.07) is 22.6. The monoisotopic (exact) mass is 481 g/mol. The molecule has 0 saturated heterocycles. The van der Waals surface area contributed by atoms with Crippen molar-refractivity contribution >= 4 is 49.0 Å². The zero-order valence-corrected chi connectivity index (χ0v) is 17.2. The predicted octanol–water partition coefficient (Wildman–Crippen LogP) is 5.47. The lowest BCUT2D eigenvalue weighted by molar-refractivity contribution is 0.829. The minimum Gasteiger partial charge on any atom is -0.267 e. The van der Waals surface area contributed by atoms with E-state index in [1.165, 1.54) is 4.68 Å². The van der Waals surface area contributed by atoms with E-state index in [0.717, 1.165) is 20.1 Å². The molecule has 1 heterocycles. The van der Waals surface area contributed by atoms with Gasteiger partial charge in [0.2, 0.25) is 0 Å². The molecule has 0 aliphatic carbocycles.